The van der Waals surface area contributed by atoms with Gasteiger partial charge >= 0.3 is 7.60 Å². The van der Waals surface area contributed by atoms with Crippen molar-refractivity contribution in [2.24, 2.45) is 0 Å². The van der Waals surface area contributed by atoms with E-state index in [4.69, 9.17) is 13.5 Å². The quantitative estimate of drug-likeness (QED) is 0.210. The maximum atomic E-state index is 12.2. The van der Waals surface area contributed by atoms with E-state index in [9.17, 15) is 4.57 Å². The van der Waals surface area contributed by atoms with Crippen molar-refractivity contribution in [3.05, 3.63) is 12.2 Å². The standard InChI is InChI=1S/C16H35O4PSi/c1-8-18-21(17,19-9-2)15-13-11-10-12-14-20-22(6,7)16(3,4)5/h11,13H,8-10,12,14-15H2,1-7H3/b13-11+. The third kappa shape index (κ3) is 8.63. The van der Waals surface area contributed by atoms with Crippen LogP contribution in [0.4, 0.5) is 0 Å². The van der Waals surface area contributed by atoms with Crippen LogP contribution in [-0.2, 0) is 18.0 Å². The number of hydrogen-bond donors (Lipinski definition) is 0. The molecule has 0 saturated heterocycles. The van der Waals surface area contributed by atoms with E-state index in [2.05, 4.69) is 33.9 Å². The Hall–Kier alpha value is 0.0669. The minimum atomic E-state index is -2.93. The number of hydrogen-bond acceptors (Lipinski definition) is 4. The lowest BCUT2D eigenvalue weighted by atomic mass is 10.2. The van der Waals surface area contributed by atoms with E-state index >= 15 is 0 Å². The summed E-state index contributed by atoms with van der Waals surface area (Å²) in [5.74, 6) is 0. The number of unbranched alkanes of at least 4 members (excludes halogenated alkanes) is 1. The fraction of sp³-hybridized carbons (Fsp3) is 0.875. The van der Waals surface area contributed by atoms with Crippen LogP contribution in [-0.4, -0.2) is 34.3 Å². The lowest BCUT2D eigenvalue weighted by Gasteiger charge is -2.36. The molecule has 22 heavy (non-hydrogen) atoms. The molecule has 0 atom stereocenters. The van der Waals surface area contributed by atoms with Gasteiger partial charge in [0.25, 0.3) is 0 Å². The largest absolute Gasteiger partial charge is 0.417 e. The SMILES string of the molecule is CCOP(=O)(C/C=C/CCCO[Si](C)(C)C(C)(C)C)OCC. The zero-order chi connectivity index (χ0) is 17.3. The summed E-state index contributed by atoms with van der Waals surface area (Å²) in [5.41, 5.74) is 0. The Kier molecular flexibility index (Phi) is 10.1. The fourth-order valence-electron chi connectivity index (χ4n) is 1.60. The number of allylic oxidation sites excluding steroid dienone is 2. The lowest BCUT2D eigenvalue weighted by Crippen LogP contribution is -2.40. The highest BCUT2D eigenvalue weighted by Gasteiger charge is 2.36. The Morgan fingerprint density at radius 1 is 1.05 bits per heavy atom. The molecule has 0 rings (SSSR count). The van der Waals surface area contributed by atoms with Gasteiger partial charge in [0, 0.05) is 6.61 Å². The second-order valence-electron chi connectivity index (χ2n) is 6.85. The molecule has 0 aliphatic heterocycles. The van der Waals surface area contributed by atoms with Crippen molar-refractivity contribution in [1.29, 1.82) is 0 Å². The van der Waals surface area contributed by atoms with Crippen LogP contribution in [0.5, 0.6) is 0 Å². The molecule has 0 aromatic heterocycles. The van der Waals surface area contributed by atoms with Crippen LogP contribution < -0.4 is 0 Å². The maximum Gasteiger partial charge on any atom is 0.334 e. The van der Waals surface area contributed by atoms with Crippen LogP contribution in [0, 0.1) is 0 Å². The van der Waals surface area contributed by atoms with Crippen molar-refractivity contribution in [3.8, 4) is 0 Å². The zero-order valence-corrected chi connectivity index (χ0v) is 17.4. The van der Waals surface area contributed by atoms with Gasteiger partial charge in [0.15, 0.2) is 8.32 Å². The zero-order valence-electron chi connectivity index (χ0n) is 15.5. The topological polar surface area (TPSA) is 44.8 Å². The van der Waals surface area contributed by atoms with Gasteiger partial charge in [0.05, 0.1) is 19.4 Å². The van der Waals surface area contributed by atoms with Crippen LogP contribution in [0.25, 0.3) is 0 Å². The minimum Gasteiger partial charge on any atom is -0.417 e. The van der Waals surface area contributed by atoms with Gasteiger partial charge in [-0.2, -0.15) is 0 Å². The predicted molar refractivity (Wildman–Crippen MR) is 97.2 cm³/mol. The molecule has 6 heteroatoms. The molecule has 4 nitrogen and oxygen atoms in total. The summed E-state index contributed by atoms with van der Waals surface area (Å²) in [6.45, 7) is 16.5. The van der Waals surface area contributed by atoms with Gasteiger partial charge in [0.2, 0.25) is 0 Å². The normalized spacial score (nSPS) is 14.0. The van der Waals surface area contributed by atoms with E-state index in [0.717, 1.165) is 19.4 Å². The molecule has 0 aliphatic carbocycles. The number of rotatable bonds is 11. The van der Waals surface area contributed by atoms with Gasteiger partial charge in [-0.3, -0.25) is 4.57 Å². The minimum absolute atomic E-state index is 0.254. The van der Waals surface area contributed by atoms with E-state index in [1.54, 1.807) is 0 Å². The molecule has 132 valence electrons. The van der Waals surface area contributed by atoms with E-state index in [1.165, 1.54) is 0 Å². The van der Waals surface area contributed by atoms with Gasteiger partial charge in [-0.25, -0.2) is 0 Å². The second kappa shape index (κ2) is 10.0. The first-order chi connectivity index (χ1) is 10.1. The molecule has 0 saturated carbocycles. The van der Waals surface area contributed by atoms with Gasteiger partial charge in [-0.15, -0.1) is 0 Å². The molecule has 0 bridgehead atoms. The van der Waals surface area contributed by atoms with E-state index in [1.807, 2.05) is 26.0 Å². The van der Waals surface area contributed by atoms with Crippen molar-refractivity contribution in [2.45, 2.75) is 65.6 Å². The summed E-state index contributed by atoms with van der Waals surface area (Å²) in [7, 11) is -4.57. The van der Waals surface area contributed by atoms with Crippen molar-refractivity contribution in [3.63, 3.8) is 0 Å². The summed E-state index contributed by atoms with van der Waals surface area (Å²) in [5, 5.41) is 0.254. The molecule has 0 spiro atoms. The molecule has 0 aromatic carbocycles. The van der Waals surface area contributed by atoms with E-state index in [-0.39, 0.29) is 5.04 Å². The average Bonchev–Trinajstić information content (AvgIpc) is 2.36. The summed E-state index contributed by atoms with van der Waals surface area (Å²) >= 11 is 0. The van der Waals surface area contributed by atoms with Crippen molar-refractivity contribution >= 4 is 15.9 Å². The van der Waals surface area contributed by atoms with Gasteiger partial charge in [-0.1, -0.05) is 32.9 Å². The highest BCUT2D eigenvalue weighted by atomic mass is 31.2. The molecule has 0 aromatic rings. The summed E-state index contributed by atoms with van der Waals surface area (Å²) in [6, 6.07) is 0. The second-order valence-corrected chi connectivity index (χ2v) is 13.8. The molecule has 0 N–H and O–H groups in total. The Balaban J connectivity index is 4.04. The van der Waals surface area contributed by atoms with E-state index < -0.39 is 15.9 Å². The third-order valence-electron chi connectivity index (χ3n) is 3.93. The summed E-state index contributed by atoms with van der Waals surface area (Å²) < 4.78 is 28.8. The highest BCUT2D eigenvalue weighted by molar-refractivity contribution is 7.54. The van der Waals surface area contributed by atoms with Crippen LogP contribution >= 0.6 is 7.60 Å². The predicted octanol–water partition coefficient (Wildman–Crippen LogP) is 5.61. The maximum absolute atomic E-state index is 12.2. The van der Waals surface area contributed by atoms with Crippen molar-refractivity contribution in [1.82, 2.24) is 0 Å². The Labute approximate surface area is 138 Å². The van der Waals surface area contributed by atoms with Crippen LogP contribution in [0.3, 0.4) is 0 Å². The molecule has 0 aliphatic rings. The highest BCUT2D eigenvalue weighted by Crippen LogP contribution is 2.47. The summed E-state index contributed by atoms with van der Waals surface area (Å²) in [4.78, 5) is 0. The molecular formula is C16H35O4PSi. The molecule has 0 heterocycles. The smallest absolute Gasteiger partial charge is 0.334 e. The van der Waals surface area contributed by atoms with Gasteiger partial charge in [0.1, 0.15) is 0 Å². The Bertz CT molecular complexity index is 365. The van der Waals surface area contributed by atoms with Crippen LogP contribution in [0.1, 0.15) is 47.5 Å². The van der Waals surface area contributed by atoms with Gasteiger partial charge < -0.3 is 13.5 Å². The van der Waals surface area contributed by atoms with Crippen LogP contribution in [0.2, 0.25) is 18.1 Å². The molecular weight excluding hydrogens is 315 g/mol. The summed E-state index contributed by atoms with van der Waals surface area (Å²) in [6.07, 6.45) is 6.19. The first-order valence-electron chi connectivity index (χ1n) is 8.25. The Morgan fingerprint density at radius 3 is 2.05 bits per heavy atom. The lowest BCUT2D eigenvalue weighted by molar-refractivity contribution is 0.222. The van der Waals surface area contributed by atoms with Crippen molar-refractivity contribution in [2.75, 3.05) is 26.0 Å². The first kappa shape index (κ1) is 22.1. The van der Waals surface area contributed by atoms with E-state index in [0.29, 0.717) is 19.4 Å². The molecule has 0 amide bonds. The molecule has 0 radical (unpaired) electrons. The Morgan fingerprint density at radius 2 is 1.59 bits per heavy atom. The molecule has 0 fully saturated rings. The third-order valence-corrected chi connectivity index (χ3v) is 10.4. The van der Waals surface area contributed by atoms with Gasteiger partial charge in [-0.05, 0) is 44.8 Å². The first-order valence-corrected chi connectivity index (χ1v) is 12.9. The van der Waals surface area contributed by atoms with Crippen LogP contribution in [0.15, 0.2) is 12.2 Å². The average molecular weight is 351 g/mol. The monoisotopic (exact) mass is 350 g/mol. The molecule has 0 unspecified atom stereocenters. The fourth-order valence-corrected chi connectivity index (χ4v) is 4.17. The van der Waals surface area contributed by atoms with Crippen molar-refractivity contribution < 1.29 is 18.0 Å².